The van der Waals surface area contributed by atoms with Gasteiger partial charge in [0.05, 0.1) is 6.26 Å². The lowest BCUT2D eigenvalue weighted by molar-refractivity contribution is 0.191. The third-order valence-corrected chi connectivity index (χ3v) is 4.36. The summed E-state index contributed by atoms with van der Waals surface area (Å²) in [6, 6.07) is 3.66. The minimum absolute atomic E-state index is 0.161. The van der Waals surface area contributed by atoms with Crippen LogP contribution in [0.25, 0.3) is 10.8 Å². The first-order valence-corrected chi connectivity index (χ1v) is 7.67. The minimum Gasteiger partial charge on any atom is -0.462 e. The Hall–Kier alpha value is -1.93. The second kappa shape index (κ2) is 6.23. The van der Waals surface area contributed by atoms with Crippen LogP contribution < -0.4 is 10.6 Å². The first-order valence-electron chi connectivity index (χ1n) is 6.86. The highest BCUT2D eigenvalue weighted by molar-refractivity contribution is 7.18. The number of hydrogen-bond donors (Lipinski definition) is 2. The number of nitrogens with one attached hydrogen (secondary N) is 2. The molecule has 3 rings (SSSR count). The molecule has 112 valence electrons. The number of likely N-dealkylation sites (N-methyl/N-ethyl adjacent to an activating group) is 1. The molecule has 2 aromatic rings. The highest BCUT2D eigenvalue weighted by atomic mass is 32.1. The number of amides is 2. The molecule has 2 aromatic heterocycles. The van der Waals surface area contributed by atoms with Gasteiger partial charge in [-0.1, -0.05) is 11.3 Å². The van der Waals surface area contributed by atoms with Gasteiger partial charge in [0, 0.05) is 19.6 Å². The summed E-state index contributed by atoms with van der Waals surface area (Å²) < 4.78 is 5.26. The maximum Gasteiger partial charge on any atom is 0.323 e. The van der Waals surface area contributed by atoms with Crippen molar-refractivity contribution in [2.24, 2.45) is 0 Å². The number of anilines is 1. The van der Waals surface area contributed by atoms with Crippen LogP contribution in [0.3, 0.4) is 0 Å². The summed E-state index contributed by atoms with van der Waals surface area (Å²) in [4.78, 5) is 13.9. The van der Waals surface area contributed by atoms with Gasteiger partial charge in [0.25, 0.3) is 0 Å². The predicted octanol–water partition coefficient (Wildman–Crippen LogP) is 2.01. The smallest absolute Gasteiger partial charge is 0.323 e. The Kier molecular flexibility index (Phi) is 4.16. The van der Waals surface area contributed by atoms with Gasteiger partial charge in [-0.2, -0.15) is 0 Å². The average Bonchev–Trinajstić information content (AvgIpc) is 3.18. The summed E-state index contributed by atoms with van der Waals surface area (Å²) in [6.45, 7) is 1.85. The van der Waals surface area contributed by atoms with Gasteiger partial charge in [0.2, 0.25) is 5.13 Å². The summed E-state index contributed by atoms with van der Waals surface area (Å²) in [5, 5.41) is 15.2. The molecule has 8 heteroatoms. The van der Waals surface area contributed by atoms with Crippen molar-refractivity contribution in [3.8, 4) is 10.8 Å². The van der Waals surface area contributed by atoms with Crippen LogP contribution in [-0.2, 0) is 0 Å². The van der Waals surface area contributed by atoms with Crippen LogP contribution in [-0.4, -0.2) is 47.3 Å². The average molecular weight is 307 g/mol. The number of nitrogens with zero attached hydrogens (tertiary/aromatic N) is 3. The molecule has 1 unspecified atom stereocenters. The number of urea groups is 1. The Balaban J connectivity index is 1.62. The first-order chi connectivity index (χ1) is 10.2. The van der Waals surface area contributed by atoms with Gasteiger partial charge in [-0.25, -0.2) is 4.79 Å². The molecule has 0 aromatic carbocycles. The third-order valence-electron chi connectivity index (χ3n) is 3.51. The fourth-order valence-electron chi connectivity index (χ4n) is 2.28. The van der Waals surface area contributed by atoms with Crippen LogP contribution >= 0.6 is 11.3 Å². The summed E-state index contributed by atoms with van der Waals surface area (Å²) >= 11 is 1.29. The fourth-order valence-corrected chi connectivity index (χ4v) is 2.98. The van der Waals surface area contributed by atoms with Gasteiger partial charge < -0.3 is 14.6 Å². The highest BCUT2D eigenvalue weighted by Crippen LogP contribution is 2.26. The molecule has 1 fully saturated rings. The third kappa shape index (κ3) is 3.22. The zero-order chi connectivity index (χ0) is 14.7. The molecule has 2 N–H and O–H groups in total. The Labute approximate surface area is 126 Å². The first kappa shape index (κ1) is 14.0. The summed E-state index contributed by atoms with van der Waals surface area (Å²) in [5.74, 6) is 0.651. The van der Waals surface area contributed by atoms with Crippen molar-refractivity contribution in [2.45, 2.75) is 18.9 Å². The Morgan fingerprint density at radius 3 is 3.19 bits per heavy atom. The number of piperidine rings is 1. The molecule has 1 atom stereocenters. The molecule has 0 aliphatic carbocycles. The lowest BCUT2D eigenvalue weighted by Crippen LogP contribution is -2.48. The van der Waals surface area contributed by atoms with Crippen molar-refractivity contribution in [2.75, 3.05) is 25.5 Å². The maximum atomic E-state index is 12.2. The van der Waals surface area contributed by atoms with Crippen LogP contribution in [0.2, 0.25) is 0 Å². The monoisotopic (exact) mass is 307 g/mol. The largest absolute Gasteiger partial charge is 0.462 e. The van der Waals surface area contributed by atoms with Crippen molar-refractivity contribution in [1.29, 1.82) is 0 Å². The quantitative estimate of drug-likeness (QED) is 0.906. The van der Waals surface area contributed by atoms with Gasteiger partial charge in [0.1, 0.15) is 0 Å². The SMILES string of the molecule is CN(C(=O)Nc1nnc(-c2ccco2)s1)C1CCCNC1. The van der Waals surface area contributed by atoms with Crippen LogP contribution in [0, 0.1) is 0 Å². The van der Waals surface area contributed by atoms with Crippen molar-refractivity contribution >= 4 is 22.5 Å². The molecule has 0 spiro atoms. The van der Waals surface area contributed by atoms with Crippen molar-refractivity contribution in [1.82, 2.24) is 20.4 Å². The lowest BCUT2D eigenvalue weighted by atomic mass is 10.1. The molecule has 0 radical (unpaired) electrons. The molecular formula is C13H17N5O2S. The van der Waals surface area contributed by atoms with Crippen molar-refractivity contribution < 1.29 is 9.21 Å². The topological polar surface area (TPSA) is 83.3 Å². The number of carbonyl (C=O) groups excluding carboxylic acids is 1. The molecule has 0 bridgehead atoms. The Morgan fingerprint density at radius 2 is 2.48 bits per heavy atom. The normalized spacial score (nSPS) is 18.4. The molecule has 1 aliphatic heterocycles. The number of carbonyl (C=O) groups is 1. The second-order valence-electron chi connectivity index (χ2n) is 4.93. The second-order valence-corrected chi connectivity index (χ2v) is 5.91. The molecule has 7 nitrogen and oxygen atoms in total. The summed E-state index contributed by atoms with van der Waals surface area (Å²) in [7, 11) is 1.81. The number of furan rings is 1. The lowest BCUT2D eigenvalue weighted by Gasteiger charge is -2.31. The minimum atomic E-state index is -0.161. The standard InChI is InChI=1S/C13H17N5O2S/c1-18(9-4-2-6-14-8-9)13(19)15-12-17-16-11(21-12)10-5-3-7-20-10/h3,5,7,9,14H,2,4,6,8H2,1H3,(H,15,17,19). The predicted molar refractivity (Wildman–Crippen MR) is 80.3 cm³/mol. The maximum absolute atomic E-state index is 12.2. The molecule has 3 heterocycles. The fraction of sp³-hybridized carbons (Fsp3) is 0.462. The number of hydrogen-bond acceptors (Lipinski definition) is 6. The molecule has 1 aliphatic rings. The summed E-state index contributed by atoms with van der Waals surface area (Å²) in [6.07, 6.45) is 3.69. The van der Waals surface area contributed by atoms with Crippen LogP contribution in [0.4, 0.5) is 9.93 Å². The van der Waals surface area contributed by atoms with Crippen LogP contribution in [0.1, 0.15) is 12.8 Å². The van der Waals surface area contributed by atoms with E-state index in [0.717, 1.165) is 25.9 Å². The van der Waals surface area contributed by atoms with E-state index in [-0.39, 0.29) is 12.1 Å². The zero-order valence-corrected chi connectivity index (χ0v) is 12.5. The van der Waals surface area contributed by atoms with E-state index in [2.05, 4.69) is 20.8 Å². The molecule has 2 amide bonds. The zero-order valence-electron chi connectivity index (χ0n) is 11.7. The van der Waals surface area contributed by atoms with Gasteiger partial charge in [-0.15, -0.1) is 10.2 Å². The van der Waals surface area contributed by atoms with Crippen molar-refractivity contribution in [3.63, 3.8) is 0 Å². The van der Waals surface area contributed by atoms with E-state index in [0.29, 0.717) is 15.9 Å². The van der Waals surface area contributed by atoms with Gasteiger partial charge in [0.15, 0.2) is 10.8 Å². The van der Waals surface area contributed by atoms with Gasteiger partial charge >= 0.3 is 6.03 Å². The highest BCUT2D eigenvalue weighted by Gasteiger charge is 2.22. The van der Waals surface area contributed by atoms with E-state index in [9.17, 15) is 4.79 Å². The van der Waals surface area contributed by atoms with E-state index in [1.54, 1.807) is 17.2 Å². The molecule has 0 saturated carbocycles. The van der Waals surface area contributed by atoms with Gasteiger partial charge in [-0.3, -0.25) is 5.32 Å². The Bertz CT molecular complexity index is 591. The number of aromatic nitrogens is 2. The van der Waals surface area contributed by atoms with E-state index in [1.807, 2.05) is 13.1 Å². The molecule has 21 heavy (non-hydrogen) atoms. The number of rotatable bonds is 3. The summed E-state index contributed by atoms with van der Waals surface area (Å²) in [5.41, 5.74) is 0. The van der Waals surface area contributed by atoms with E-state index in [1.165, 1.54) is 11.3 Å². The Morgan fingerprint density at radius 1 is 1.57 bits per heavy atom. The van der Waals surface area contributed by atoms with E-state index >= 15 is 0 Å². The van der Waals surface area contributed by atoms with Crippen LogP contribution in [0.15, 0.2) is 22.8 Å². The van der Waals surface area contributed by atoms with Crippen molar-refractivity contribution in [3.05, 3.63) is 18.4 Å². The van der Waals surface area contributed by atoms with Crippen LogP contribution in [0.5, 0.6) is 0 Å². The van der Waals surface area contributed by atoms with Gasteiger partial charge in [-0.05, 0) is 31.5 Å². The molecular weight excluding hydrogens is 290 g/mol. The van der Waals surface area contributed by atoms with E-state index in [4.69, 9.17) is 4.42 Å². The van der Waals surface area contributed by atoms with E-state index < -0.39 is 0 Å². The molecule has 1 saturated heterocycles.